The number of hydrogen-bond donors (Lipinski definition) is 2. The highest BCUT2D eigenvalue weighted by molar-refractivity contribution is 5.88. The summed E-state index contributed by atoms with van der Waals surface area (Å²) in [6, 6.07) is 1.41. The number of rotatable bonds is 4. The molecule has 0 aromatic carbocycles. The van der Waals surface area contributed by atoms with Gasteiger partial charge in [0.2, 0.25) is 0 Å². The Morgan fingerprint density at radius 2 is 2.54 bits per heavy atom. The van der Waals surface area contributed by atoms with Crippen LogP contribution in [-0.4, -0.2) is 17.6 Å². The molecule has 68 valence electrons. The van der Waals surface area contributed by atoms with Crippen molar-refractivity contribution >= 4 is 5.97 Å². The van der Waals surface area contributed by atoms with Gasteiger partial charge in [0, 0.05) is 0 Å². The Morgan fingerprint density at radius 3 is 3.15 bits per heavy atom. The van der Waals surface area contributed by atoms with Gasteiger partial charge in [-0.2, -0.15) is 0 Å². The van der Waals surface area contributed by atoms with Gasteiger partial charge in [-0.25, -0.2) is 4.79 Å². The van der Waals surface area contributed by atoms with Crippen molar-refractivity contribution in [1.82, 2.24) is 5.32 Å². The van der Waals surface area contributed by atoms with Crippen LogP contribution in [0, 0.1) is 12.3 Å². The fourth-order valence-electron chi connectivity index (χ4n) is 0.916. The summed E-state index contributed by atoms with van der Waals surface area (Å²) in [5, 5.41) is 11.5. The molecule has 0 aliphatic carbocycles. The first kappa shape index (κ1) is 9.36. The zero-order valence-corrected chi connectivity index (χ0v) is 6.91. The highest BCUT2D eigenvalue weighted by atomic mass is 16.4. The number of carboxylic acids is 1. The van der Waals surface area contributed by atoms with E-state index in [1.165, 1.54) is 12.3 Å². The standard InChI is InChI=1S/C9H9NO3/c1-2-4-10-6-8-7(9(11)12)3-5-13-8/h1,3,5,10H,4,6H2,(H,11,12). The lowest BCUT2D eigenvalue weighted by Crippen LogP contribution is -2.14. The molecule has 0 spiro atoms. The monoisotopic (exact) mass is 179 g/mol. The van der Waals surface area contributed by atoms with Crippen molar-refractivity contribution in [3.05, 3.63) is 23.7 Å². The molecule has 2 N–H and O–H groups in total. The van der Waals surface area contributed by atoms with Crippen LogP contribution in [0.1, 0.15) is 16.1 Å². The molecule has 4 nitrogen and oxygen atoms in total. The zero-order chi connectivity index (χ0) is 9.68. The molecule has 0 saturated heterocycles. The Hall–Kier alpha value is -1.73. The van der Waals surface area contributed by atoms with Crippen LogP contribution < -0.4 is 5.32 Å². The molecule has 0 saturated carbocycles. The number of furan rings is 1. The number of carboxylic acid groups (broad SMARTS) is 1. The second kappa shape index (κ2) is 4.33. The Kier molecular flexibility index (Phi) is 3.12. The van der Waals surface area contributed by atoms with Crippen LogP contribution in [0.4, 0.5) is 0 Å². The maximum absolute atomic E-state index is 10.6. The quantitative estimate of drug-likeness (QED) is 0.527. The van der Waals surface area contributed by atoms with Gasteiger partial charge in [-0.15, -0.1) is 6.42 Å². The van der Waals surface area contributed by atoms with Crippen LogP contribution in [0.15, 0.2) is 16.7 Å². The van der Waals surface area contributed by atoms with Gasteiger partial charge >= 0.3 is 5.97 Å². The van der Waals surface area contributed by atoms with E-state index in [1.807, 2.05) is 0 Å². The average Bonchev–Trinajstić information content (AvgIpc) is 2.53. The average molecular weight is 179 g/mol. The number of aromatic carboxylic acids is 1. The topological polar surface area (TPSA) is 62.5 Å². The highest BCUT2D eigenvalue weighted by Crippen LogP contribution is 2.09. The van der Waals surface area contributed by atoms with Crippen LogP contribution in [0.25, 0.3) is 0 Å². The van der Waals surface area contributed by atoms with Crippen molar-refractivity contribution in [1.29, 1.82) is 0 Å². The molecular weight excluding hydrogens is 170 g/mol. The Morgan fingerprint density at radius 1 is 1.77 bits per heavy atom. The molecule has 0 fully saturated rings. The van der Waals surface area contributed by atoms with Crippen LogP contribution in [0.2, 0.25) is 0 Å². The third-order valence-corrected chi connectivity index (χ3v) is 1.49. The van der Waals surface area contributed by atoms with Gasteiger partial charge in [0.05, 0.1) is 19.4 Å². The third-order valence-electron chi connectivity index (χ3n) is 1.49. The minimum atomic E-state index is -0.994. The highest BCUT2D eigenvalue weighted by Gasteiger charge is 2.11. The van der Waals surface area contributed by atoms with Gasteiger partial charge < -0.3 is 9.52 Å². The fraction of sp³-hybridized carbons (Fsp3) is 0.222. The molecule has 0 radical (unpaired) electrons. The van der Waals surface area contributed by atoms with E-state index in [-0.39, 0.29) is 5.56 Å². The second-order valence-electron chi connectivity index (χ2n) is 2.37. The molecule has 0 unspecified atom stereocenters. The second-order valence-corrected chi connectivity index (χ2v) is 2.37. The summed E-state index contributed by atoms with van der Waals surface area (Å²) < 4.78 is 4.96. The van der Waals surface area contributed by atoms with Crippen molar-refractivity contribution in [2.24, 2.45) is 0 Å². The van der Waals surface area contributed by atoms with E-state index in [0.717, 1.165) is 0 Å². The molecule has 0 bridgehead atoms. The maximum atomic E-state index is 10.6. The molecule has 0 amide bonds. The van der Waals surface area contributed by atoms with Gasteiger partial charge in [0.15, 0.2) is 0 Å². The fourth-order valence-corrected chi connectivity index (χ4v) is 0.916. The molecular formula is C9H9NO3. The number of carbonyl (C=O) groups is 1. The molecule has 0 atom stereocenters. The number of hydrogen-bond acceptors (Lipinski definition) is 3. The summed E-state index contributed by atoms with van der Waals surface area (Å²) in [5.41, 5.74) is 0.171. The van der Waals surface area contributed by atoms with Gasteiger partial charge in [-0.1, -0.05) is 5.92 Å². The largest absolute Gasteiger partial charge is 0.478 e. The lowest BCUT2D eigenvalue weighted by molar-refractivity contribution is 0.0694. The van der Waals surface area contributed by atoms with E-state index in [2.05, 4.69) is 11.2 Å². The van der Waals surface area contributed by atoms with E-state index < -0.39 is 5.97 Å². The summed E-state index contributed by atoms with van der Waals surface area (Å²) in [7, 11) is 0. The molecule has 1 aromatic heterocycles. The molecule has 1 heterocycles. The van der Waals surface area contributed by atoms with Gasteiger partial charge in [0.1, 0.15) is 11.3 Å². The predicted octanol–water partition coefficient (Wildman–Crippen LogP) is 0.701. The molecule has 0 aliphatic heterocycles. The number of nitrogens with one attached hydrogen (secondary N) is 1. The zero-order valence-electron chi connectivity index (χ0n) is 6.91. The first-order valence-electron chi connectivity index (χ1n) is 3.69. The van der Waals surface area contributed by atoms with E-state index in [0.29, 0.717) is 18.8 Å². The Bertz CT molecular complexity index is 335. The van der Waals surface area contributed by atoms with Gasteiger partial charge in [-0.05, 0) is 6.07 Å². The third kappa shape index (κ3) is 2.36. The normalized spacial score (nSPS) is 9.46. The van der Waals surface area contributed by atoms with Crippen LogP contribution in [0.5, 0.6) is 0 Å². The molecule has 4 heteroatoms. The van der Waals surface area contributed by atoms with Crippen molar-refractivity contribution in [2.45, 2.75) is 6.54 Å². The summed E-state index contributed by atoms with van der Waals surface area (Å²) >= 11 is 0. The first-order valence-corrected chi connectivity index (χ1v) is 3.69. The summed E-state index contributed by atoms with van der Waals surface area (Å²) in [5.74, 6) is 1.78. The van der Waals surface area contributed by atoms with E-state index >= 15 is 0 Å². The lowest BCUT2D eigenvalue weighted by Gasteiger charge is -1.98. The van der Waals surface area contributed by atoms with E-state index in [1.54, 1.807) is 0 Å². The predicted molar refractivity (Wildman–Crippen MR) is 46.2 cm³/mol. The van der Waals surface area contributed by atoms with Crippen molar-refractivity contribution < 1.29 is 14.3 Å². The van der Waals surface area contributed by atoms with Crippen molar-refractivity contribution in [3.8, 4) is 12.3 Å². The molecule has 1 rings (SSSR count). The first-order chi connectivity index (χ1) is 6.25. The van der Waals surface area contributed by atoms with Gasteiger partial charge in [0.25, 0.3) is 0 Å². The summed E-state index contributed by atoms with van der Waals surface area (Å²) in [4.78, 5) is 10.6. The maximum Gasteiger partial charge on any atom is 0.339 e. The minimum absolute atomic E-state index is 0.171. The number of terminal acetylenes is 1. The SMILES string of the molecule is C#CCNCc1occc1C(=O)O. The summed E-state index contributed by atoms with van der Waals surface area (Å²) in [6.07, 6.45) is 6.35. The van der Waals surface area contributed by atoms with E-state index in [9.17, 15) is 4.79 Å². The van der Waals surface area contributed by atoms with E-state index in [4.69, 9.17) is 15.9 Å². The Balaban J connectivity index is 2.61. The van der Waals surface area contributed by atoms with Gasteiger partial charge in [-0.3, -0.25) is 5.32 Å². The van der Waals surface area contributed by atoms with Crippen molar-refractivity contribution in [3.63, 3.8) is 0 Å². The molecule has 13 heavy (non-hydrogen) atoms. The van der Waals surface area contributed by atoms with Crippen LogP contribution in [-0.2, 0) is 6.54 Å². The summed E-state index contributed by atoms with van der Waals surface area (Å²) in [6.45, 7) is 0.721. The molecule has 1 aromatic rings. The van der Waals surface area contributed by atoms with Crippen molar-refractivity contribution in [2.75, 3.05) is 6.54 Å². The minimum Gasteiger partial charge on any atom is -0.478 e. The molecule has 0 aliphatic rings. The van der Waals surface area contributed by atoms with Crippen LogP contribution >= 0.6 is 0 Å². The lowest BCUT2D eigenvalue weighted by atomic mass is 10.2. The Labute approximate surface area is 75.6 Å². The van der Waals surface area contributed by atoms with Crippen LogP contribution in [0.3, 0.4) is 0 Å². The smallest absolute Gasteiger partial charge is 0.339 e.